The van der Waals surface area contributed by atoms with Gasteiger partial charge in [0.15, 0.2) is 0 Å². The molecule has 0 N–H and O–H groups in total. The van der Waals surface area contributed by atoms with Crippen LogP contribution in [0.5, 0.6) is 0 Å². The van der Waals surface area contributed by atoms with Crippen LogP contribution in [0.3, 0.4) is 0 Å². The number of aromatic nitrogens is 3. The molecule has 2 aromatic heterocycles. The largest absolute Gasteiger partial charge is 0.370 e. The lowest BCUT2D eigenvalue weighted by Gasteiger charge is -2.28. The van der Waals surface area contributed by atoms with Crippen molar-refractivity contribution in [2.24, 2.45) is 0 Å². The standard InChI is InChI=1S/C19H15F3N4O2S/c1-29-17-12-3-2-4-13(26-7-8-28-10-15(26)27)16(12)24-18(25-17)19(21,22)14-6-5-11(20)9-23-14/h2-6,9H,7-8,10H2,1H3. The minimum absolute atomic E-state index is 0.0840. The van der Waals surface area contributed by atoms with E-state index in [2.05, 4.69) is 15.0 Å². The maximum atomic E-state index is 15.1. The predicted octanol–water partition coefficient (Wildman–Crippen LogP) is 3.39. The Morgan fingerprint density at radius 1 is 1.21 bits per heavy atom. The van der Waals surface area contributed by atoms with Crippen LogP contribution < -0.4 is 4.90 Å². The Bertz CT molecular complexity index is 1080. The first-order valence-electron chi connectivity index (χ1n) is 8.65. The number of alkyl halides is 2. The SMILES string of the molecule is CSc1nc(C(F)(F)c2ccc(F)cn2)nc2c(N3CCOCC3=O)cccc12. The molecule has 0 aliphatic carbocycles. The monoisotopic (exact) mass is 420 g/mol. The summed E-state index contributed by atoms with van der Waals surface area (Å²) in [5.41, 5.74) is -0.0123. The number of morpholine rings is 1. The highest BCUT2D eigenvalue weighted by molar-refractivity contribution is 7.98. The quantitative estimate of drug-likeness (QED) is 0.476. The Balaban J connectivity index is 1.91. The molecule has 0 atom stereocenters. The molecule has 1 aromatic carbocycles. The van der Waals surface area contributed by atoms with Crippen molar-refractivity contribution in [2.75, 3.05) is 30.9 Å². The molecule has 150 valence electrons. The third-order valence-corrected chi connectivity index (χ3v) is 5.17. The van der Waals surface area contributed by atoms with Gasteiger partial charge >= 0.3 is 5.92 Å². The van der Waals surface area contributed by atoms with Crippen LogP contribution in [0.15, 0.2) is 41.6 Å². The summed E-state index contributed by atoms with van der Waals surface area (Å²) in [5, 5.41) is 0.898. The third-order valence-electron chi connectivity index (χ3n) is 4.47. The Labute approximate surface area is 168 Å². The predicted molar refractivity (Wildman–Crippen MR) is 102 cm³/mol. The molecule has 3 heterocycles. The van der Waals surface area contributed by atoms with Gasteiger partial charge in [0, 0.05) is 11.9 Å². The molecule has 4 rings (SSSR count). The van der Waals surface area contributed by atoms with E-state index in [0.29, 0.717) is 29.3 Å². The molecule has 0 radical (unpaired) electrons. The molecular formula is C19H15F3N4O2S. The molecule has 3 aromatic rings. The van der Waals surface area contributed by atoms with E-state index in [0.717, 1.165) is 18.3 Å². The Morgan fingerprint density at radius 3 is 2.72 bits per heavy atom. The average Bonchev–Trinajstić information content (AvgIpc) is 2.73. The van der Waals surface area contributed by atoms with Crippen LogP contribution in [0.1, 0.15) is 11.5 Å². The van der Waals surface area contributed by atoms with E-state index < -0.39 is 23.3 Å². The van der Waals surface area contributed by atoms with Crippen LogP contribution in [-0.2, 0) is 15.5 Å². The van der Waals surface area contributed by atoms with Crippen molar-refractivity contribution in [2.45, 2.75) is 10.9 Å². The zero-order valence-electron chi connectivity index (χ0n) is 15.2. The molecule has 0 bridgehead atoms. The number of carbonyl (C=O) groups excluding carboxylic acids is 1. The Hall–Kier alpha value is -2.72. The number of thioether (sulfide) groups is 1. The molecule has 0 saturated carbocycles. The first-order valence-corrected chi connectivity index (χ1v) is 9.87. The average molecular weight is 420 g/mol. The van der Waals surface area contributed by atoms with Gasteiger partial charge in [-0.1, -0.05) is 6.07 Å². The van der Waals surface area contributed by atoms with E-state index in [-0.39, 0.29) is 18.0 Å². The van der Waals surface area contributed by atoms with Crippen molar-refractivity contribution in [1.82, 2.24) is 15.0 Å². The summed E-state index contributed by atoms with van der Waals surface area (Å²) in [4.78, 5) is 25.4. The first-order chi connectivity index (χ1) is 13.9. The summed E-state index contributed by atoms with van der Waals surface area (Å²) in [6.07, 6.45) is 2.43. The number of benzene rings is 1. The lowest BCUT2D eigenvalue weighted by Crippen LogP contribution is -2.41. The molecule has 1 saturated heterocycles. The number of nitrogens with zero attached hydrogens (tertiary/aromatic N) is 4. The second-order valence-corrected chi connectivity index (χ2v) is 7.06. The highest BCUT2D eigenvalue weighted by atomic mass is 32.2. The van der Waals surface area contributed by atoms with Crippen LogP contribution in [0.25, 0.3) is 10.9 Å². The summed E-state index contributed by atoms with van der Waals surface area (Å²) in [7, 11) is 0. The van der Waals surface area contributed by atoms with Gasteiger partial charge < -0.3 is 9.64 Å². The number of halogens is 3. The number of fused-ring (bicyclic) bond motifs is 1. The van der Waals surface area contributed by atoms with Crippen molar-refractivity contribution in [1.29, 1.82) is 0 Å². The van der Waals surface area contributed by atoms with Gasteiger partial charge in [-0.2, -0.15) is 8.78 Å². The minimum Gasteiger partial charge on any atom is -0.370 e. The van der Waals surface area contributed by atoms with Gasteiger partial charge in [0.1, 0.15) is 23.1 Å². The third kappa shape index (κ3) is 3.53. The second kappa shape index (κ2) is 7.60. The molecular weight excluding hydrogens is 405 g/mol. The lowest BCUT2D eigenvalue weighted by atomic mass is 10.1. The van der Waals surface area contributed by atoms with Crippen molar-refractivity contribution in [3.05, 3.63) is 53.9 Å². The molecule has 0 unspecified atom stereocenters. The number of amides is 1. The van der Waals surface area contributed by atoms with Crippen LogP contribution >= 0.6 is 11.8 Å². The molecule has 6 nitrogen and oxygen atoms in total. The fourth-order valence-corrected chi connectivity index (χ4v) is 3.63. The number of pyridine rings is 1. The van der Waals surface area contributed by atoms with E-state index in [1.54, 1.807) is 24.5 Å². The summed E-state index contributed by atoms with van der Waals surface area (Å²) >= 11 is 1.19. The Kier molecular flexibility index (Phi) is 5.13. The number of hydrogen-bond acceptors (Lipinski definition) is 6. The summed E-state index contributed by atoms with van der Waals surface area (Å²) in [6.45, 7) is 0.548. The van der Waals surface area contributed by atoms with E-state index in [1.807, 2.05) is 0 Å². The first kappa shape index (κ1) is 19.6. The normalized spacial score (nSPS) is 15.2. The van der Waals surface area contributed by atoms with Crippen LogP contribution in [0.4, 0.5) is 18.9 Å². The summed E-state index contributed by atoms with van der Waals surface area (Å²) in [6, 6.07) is 6.90. The topological polar surface area (TPSA) is 68.2 Å². The summed E-state index contributed by atoms with van der Waals surface area (Å²) in [5.74, 6) is -5.40. The van der Waals surface area contributed by atoms with Crippen LogP contribution in [0, 0.1) is 5.82 Å². The molecule has 0 spiro atoms. The number of para-hydroxylation sites is 1. The fraction of sp³-hybridized carbons (Fsp3) is 0.263. The maximum absolute atomic E-state index is 15.1. The zero-order valence-corrected chi connectivity index (χ0v) is 16.0. The van der Waals surface area contributed by atoms with Crippen molar-refractivity contribution in [3.8, 4) is 0 Å². The van der Waals surface area contributed by atoms with Crippen molar-refractivity contribution in [3.63, 3.8) is 0 Å². The number of hydrogen-bond donors (Lipinski definition) is 0. The molecule has 1 aliphatic heterocycles. The van der Waals surface area contributed by atoms with E-state index in [4.69, 9.17) is 4.74 Å². The van der Waals surface area contributed by atoms with Gasteiger partial charge in [-0.15, -0.1) is 11.8 Å². The molecule has 1 amide bonds. The molecule has 1 fully saturated rings. The van der Waals surface area contributed by atoms with E-state index in [1.165, 1.54) is 16.7 Å². The number of anilines is 1. The Morgan fingerprint density at radius 2 is 2.03 bits per heavy atom. The highest BCUT2D eigenvalue weighted by Crippen LogP contribution is 2.37. The minimum atomic E-state index is -3.64. The van der Waals surface area contributed by atoms with Gasteiger partial charge in [-0.25, -0.2) is 14.4 Å². The second-order valence-electron chi connectivity index (χ2n) is 6.26. The maximum Gasteiger partial charge on any atom is 0.348 e. The molecule has 29 heavy (non-hydrogen) atoms. The van der Waals surface area contributed by atoms with Crippen molar-refractivity contribution < 1.29 is 22.7 Å². The van der Waals surface area contributed by atoms with E-state index >= 15 is 8.78 Å². The summed E-state index contributed by atoms with van der Waals surface area (Å²) < 4.78 is 48.4. The number of carbonyl (C=O) groups is 1. The van der Waals surface area contributed by atoms with Crippen molar-refractivity contribution >= 4 is 34.3 Å². The van der Waals surface area contributed by atoms with Gasteiger partial charge in [0.05, 0.1) is 24.0 Å². The van der Waals surface area contributed by atoms with Gasteiger partial charge in [0.2, 0.25) is 5.82 Å². The molecule has 10 heteroatoms. The highest BCUT2D eigenvalue weighted by Gasteiger charge is 2.40. The van der Waals surface area contributed by atoms with E-state index in [9.17, 15) is 9.18 Å². The molecule has 1 aliphatic rings. The fourth-order valence-electron chi connectivity index (χ4n) is 3.07. The lowest BCUT2D eigenvalue weighted by molar-refractivity contribution is -0.125. The smallest absolute Gasteiger partial charge is 0.348 e. The van der Waals surface area contributed by atoms with Crippen LogP contribution in [-0.4, -0.2) is 46.9 Å². The number of rotatable bonds is 4. The zero-order chi connectivity index (χ0) is 20.6. The van der Waals surface area contributed by atoms with Gasteiger partial charge in [-0.05, 0) is 30.5 Å². The van der Waals surface area contributed by atoms with Gasteiger partial charge in [0.25, 0.3) is 5.91 Å². The van der Waals surface area contributed by atoms with Gasteiger partial charge in [-0.3, -0.25) is 9.78 Å². The van der Waals surface area contributed by atoms with Crippen LogP contribution in [0.2, 0.25) is 0 Å². The number of ether oxygens (including phenoxy) is 1.